The number of amides is 3. The van der Waals surface area contributed by atoms with Crippen LogP contribution >= 0.6 is 0 Å². The van der Waals surface area contributed by atoms with E-state index in [2.05, 4.69) is 21.2 Å². The van der Waals surface area contributed by atoms with Crippen molar-refractivity contribution >= 4 is 29.6 Å². The van der Waals surface area contributed by atoms with Crippen LogP contribution in [0.25, 0.3) is 0 Å². The Bertz CT molecular complexity index is 986. The highest BCUT2D eigenvalue weighted by Crippen LogP contribution is 2.16. The van der Waals surface area contributed by atoms with E-state index < -0.39 is 11.8 Å². The van der Waals surface area contributed by atoms with Crippen molar-refractivity contribution in [2.24, 2.45) is 5.10 Å². The largest absolute Gasteiger partial charge is 0.494 e. The van der Waals surface area contributed by atoms with Crippen LogP contribution in [-0.4, -0.2) is 56.4 Å². The number of anilines is 1. The maximum Gasteiger partial charge on any atom is 0.329 e. The number of hydrogen-bond donors (Lipinski definition) is 3. The summed E-state index contributed by atoms with van der Waals surface area (Å²) in [7, 11) is 0. The average molecular weight is 469 g/mol. The Morgan fingerprint density at radius 3 is 2.41 bits per heavy atom. The number of hydrazone groups is 1. The molecule has 1 aliphatic rings. The molecule has 3 N–H and O–H groups in total. The minimum atomic E-state index is -0.854. The summed E-state index contributed by atoms with van der Waals surface area (Å²) in [6.45, 7) is 3.30. The molecule has 2 aromatic carbocycles. The van der Waals surface area contributed by atoms with Crippen molar-refractivity contribution < 1.29 is 28.6 Å². The molecular weight excluding hydrogens is 440 g/mol. The van der Waals surface area contributed by atoms with Gasteiger partial charge in [-0.25, -0.2) is 5.43 Å². The smallest absolute Gasteiger partial charge is 0.329 e. The van der Waals surface area contributed by atoms with Gasteiger partial charge in [0.05, 0.1) is 18.9 Å². The standard InChI is InChI=1S/C24H28N4O6/c1-2-32-19-11-7-18(8-12-19)27-22(29)16-34-20-9-5-17(6-10-20)14-26-28-24(31)23(30)25-15-21-4-3-13-33-21/h5-12,14,21H,2-4,13,15-16H2,1H3,(H,25,30)(H,27,29)(H,28,31)/b26-14-/t21-/m0/s1. The summed E-state index contributed by atoms with van der Waals surface area (Å²) in [5.74, 6) is -0.683. The van der Waals surface area contributed by atoms with Crippen LogP contribution in [0.15, 0.2) is 53.6 Å². The van der Waals surface area contributed by atoms with E-state index in [-0.39, 0.29) is 18.6 Å². The monoisotopic (exact) mass is 468 g/mol. The first-order valence-corrected chi connectivity index (χ1v) is 11.0. The summed E-state index contributed by atoms with van der Waals surface area (Å²) in [6.07, 6.45) is 3.18. The van der Waals surface area contributed by atoms with Gasteiger partial charge in [0.2, 0.25) is 0 Å². The second kappa shape index (κ2) is 12.9. The molecule has 180 valence electrons. The summed E-state index contributed by atoms with van der Waals surface area (Å²) >= 11 is 0. The molecule has 0 bridgehead atoms. The zero-order valence-electron chi connectivity index (χ0n) is 18.9. The molecule has 0 aliphatic carbocycles. The van der Waals surface area contributed by atoms with Gasteiger partial charge in [-0.1, -0.05) is 0 Å². The topological polar surface area (TPSA) is 127 Å². The Morgan fingerprint density at radius 1 is 1.03 bits per heavy atom. The van der Waals surface area contributed by atoms with Crippen LogP contribution in [-0.2, 0) is 19.1 Å². The van der Waals surface area contributed by atoms with Crippen LogP contribution in [0.1, 0.15) is 25.3 Å². The van der Waals surface area contributed by atoms with E-state index in [1.807, 2.05) is 6.92 Å². The first-order valence-electron chi connectivity index (χ1n) is 11.0. The molecule has 3 rings (SSSR count). The summed E-state index contributed by atoms with van der Waals surface area (Å²) in [6, 6.07) is 13.8. The van der Waals surface area contributed by atoms with Crippen LogP contribution in [0.2, 0.25) is 0 Å². The minimum absolute atomic E-state index is 0.0424. The lowest BCUT2D eigenvalue weighted by Gasteiger charge is -2.09. The third kappa shape index (κ3) is 8.21. The fourth-order valence-electron chi connectivity index (χ4n) is 3.11. The van der Waals surface area contributed by atoms with Crippen molar-refractivity contribution in [3.8, 4) is 11.5 Å². The molecule has 0 unspecified atom stereocenters. The molecule has 0 saturated carbocycles. The van der Waals surface area contributed by atoms with Gasteiger partial charge in [0, 0.05) is 18.8 Å². The van der Waals surface area contributed by atoms with Crippen LogP contribution in [0, 0.1) is 0 Å². The molecule has 0 aromatic heterocycles. The van der Waals surface area contributed by atoms with Gasteiger partial charge in [-0.05, 0) is 73.9 Å². The SMILES string of the molecule is CCOc1ccc(NC(=O)COc2ccc(/C=N\NC(=O)C(=O)NC[C@@H]3CCCO3)cc2)cc1. The Hall–Kier alpha value is -3.92. The fraction of sp³-hybridized carbons (Fsp3) is 0.333. The van der Waals surface area contributed by atoms with Gasteiger partial charge in [-0.15, -0.1) is 0 Å². The number of ether oxygens (including phenoxy) is 3. The summed E-state index contributed by atoms with van der Waals surface area (Å²) in [5, 5.41) is 9.05. The van der Waals surface area contributed by atoms with Crippen LogP contribution in [0.3, 0.4) is 0 Å². The lowest BCUT2D eigenvalue weighted by Crippen LogP contribution is -2.41. The Balaban J connectivity index is 1.36. The zero-order chi connectivity index (χ0) is 24.2. The molecule has 1 heterocycles. The van der Waals surface area contributed by atoms with Crippen molar-refractivity contribution in [2.75, 3.05) is 31.7 Å². The normalized spacial score (nSPS) is 15.0. The highest BCUT2D eigenvalue weighted by atomic mass is 16.5. The zero-order valence-corrected chi connectivity index (χ0v) is 18.9. The maximum absolute atomic E-state index is 12.1. The molecule has 34 heavy (non-hydrogen) atoms. The predicted octanol–water partition coefficient (Wildman–Crippen LogP) is 1.85. The first kappa shape index (κ1) is 24.7. The Morgan fingerprint density at radius 2 is 1.74 bits per heavy atom. The number of carbonyl (C=O) groups excluding carboxylic acids is 3. The van der Waals surface area contributed by atoms with E-state index in [4.69, 9.17) is 14.2 Å². The van der Waals surface area contributed by atoms with Gasteiger partial charge >= 0.3 is 11.8 Å². The number of carbonyl (C=O) groups is 3. The molecule has 0 spiro atoms. The van der Waals surface area contributed by atoms with Gasteiger partial charge in [-0.3, -0.25) is 14.4 Å². The van der Waals surface area contributed by atoms with Gasteiger partial charge < -0.3 is 24.8 Å². The number of nitrogens with one attached hydrogen (secondary N) is 3. The first-order chi connectivity index (χ1) is 16.5. The fourth-order valence-corrected chi connectivity index (χ4v) is 3.11. The molecule has 3 amide bonds. The third-order valence-corrected chi connectivity index (χ3v) is 4.80. The second-order valence-electron chi connectivity index (χ2n) is 7.41. The summed E-state index contributed by atoms with van der Waals surface area (Å²) in [4.78, 5) is 35.6. The van der Waals surface area contributed by atoms with E-state index in [0.29, 0.717) is 36.8 Å². The molecular formula is C24H28N4O6. The van der Waals surface area contributed by atoms with Crippen LogP contribution in [0.4, 0.5) is 5.69 Å². The van der Waals surface area contributed by atoms with E-state index in [0.717, 1.165) is 18.6 Å². The molecule has 1 aliphatic heterocycles. The van der Waals surface area contributed by atoms with Crippen LogP contribution in [0.5, 0.6) is 11.5 Å². The molecule has 0 radical (unpaired) electrons. The summed E-state index contributed by atoms with van der Waals surface area (Å²) in [5.41, 5.74) is 3.50. The molecule has 2 aromatic rings. The predicted molar refractivity (Wildman–Crippen MR) is 126 cm³/mol. The van der Waals surface area contributed by atoms with E-state index >= 15 is 0 Å². The molecule has 1 atom stereocenters. The van der Waals surface area contributed by atoms with Gasteiger partial charge in [-0.2, -0.15) is 5.10 Å². The Kier molecular flexibility index (Phi) is 9.41. The highest BCUT2D eigenvalue weighted by Gasteiger charge is 2.18. The van der Waals surface area contributed by atoms with E-state index in [1.165, 1.54) is 6.21 Å². The second-order valence-corrected chi connectivity index (χ2v) is 7.41. The van der Waals surface area contributed by atoms with Crippen molar-refractivity contribution in [1.29, 1.82) is 0 Å². The summed E-state index contributed by atoms with van der Waals surface area (Å²) < 4.78 is 16.2. The number of hydrogen-bond acceptors (Lipinski definition) is 7. The van der Waals surface area contributed by atoms with Crippen molar-refractivity contribution in [1.82, 2.24) is 10.7 Å². The van der Waals surface area contributed by atoms with Crippen molar-refractivity contribution in [3.63, 3.8) is 0 Å². The van der Waals surface area contributed by atoms with E-state index in [9.17, 15) is 14.4 Å². The lowest BCUT2D eigenvalue weighted by molar-refractivity contribution is -0.139. The highest BCUT2D eigenvalue weighted by molar-refractivity contribution is 6.35. The third-order valence-electron chi connectivity index (χ3n) is 4.80. The minimum Gasteiger partial charge on any atom is -0.494 e. The molecule has 1 saturated heterocycles. The van der Waals surface area contributed by atoms with Gasteiger partial charge in [0.15, 0.2) is 6.61 Å². The average Bonchev–Trinajstić information content (AvgIpc) is 3.37. The van der Waals surface area contributed by atoms with E-state index in [1.54, 1.807) is 48.5 Å². The van der Waals surface area contributed by atoms with Gasteiger partial charge in [0.25, 0.3) is 5.91 Å². The molecule has 10 nitrogen and oxygen atoms in total. The van der Waals surface area contributed by atoms with Crippen molar-refractivity contribution in [2.45, 2.75) is 25.9 Å². The number of nitrogens with zero attached hydrogens (tertiary/aromatic N) is 1. The number of benzene rings is 2. The van der Waals surface area contributed by atoms with Crippen LogP contribution < -0.4 is 25.5 Å². The molecule has 1 fully saturated rings. The van der Waals surface area contributed by atoms with Crippen molar-refractivity contribution in [3.05, 3.63) is 54.1 Å². The quantitative estimate of drug-likeness (QED) is 0.277. The number of rotatable bonds is 10. The molecule has 10 heteroatoms. The maximum atomic E-state index is 12.1. The van der Waals surface area contributed by atoms with Gasteiger partial charge in [0.1, 0.15) is 11.5 Å². The lowest BCUT2D eigenvalue weighted by atomic mass is 10.2. The Labute approximate surface area is 197 Å².